The molecular formula is C17H19N. The van der Waals surface area contributed by atoms with Crippen LogP contribution >= 0.6 is 0 Å². The minimum absolute atomic E-state index is 0.962. The summed E-state index contributed by atoms with van der Waals surface area (Å²) < 4.78 is 0. The van der Waals surface area contributed by atoms with Crippen LogP contribution in [-0.4, -0.2) is 14.1 Å². The molecule has 0 radical (unpaired) electrons. The van der Waals surface area contributed by atoms with Gasteiger partial charge in [-0.2, -0.15) is 0 Å². The topological polar surface area (TPSA) is 3.24 Å². The van der Waals surface area contributed by atoms with Gasteiger partial charge < -0.3 is 4.90 Å². The van der Waals surface area contributed by atoms with E-state index >= 15 is 0 Å². The van der Waals surface area contributed by atoms with Crippen molar-refractivity contribution in [3.05, 3.63) is 71.8 Å². The number of anilines is 1. The van der Waals surface area contributed by atoms with Crippen molar-refractivity contribution in [2.45, 2.75) is 6.42 Å². The molecule has 92 valence electrons. The molecule has 0 bridgehead atoms. The molecular weight excluding hydrogens is 218 g/mol. The van der Waals surface area contributed by atoms with Crippen LogP contribution in [0.4, 0.5) is 5.69 Å². The highest BCUT2D eigenvalue weighted by Crippen LogP contribution is 2.17. The van der Waals surface area contributed by atoms with Crippen molar-refractivity contribution in [3.63, 3.8) is 0 Å². The van der Waals surface area contributed by atoms with E-state index in [0.29, 0.717) is 0 Å². The summed E-state index contributed by atoms with van der Waals surface area (Å²) in [5.74, 6) is 0. The average Bonchev–Trinajstić information content (AvgIpc) is 2.39. The number of benzene rings is 2. The Hall–Kier alpha value is -2.02. The average molecular weight is 237 g/mol. The molecule has 2 aromatic carbocycles. The summed E-state index contributed by atoms with van der Waals surface area (Å²) in [5, 5.41) is 0. The van der Waals surface area contributed by atoms with Gasteiger partial charge in [-0.05, 0) is 35.2 Å². The fraction of sp³-hybridized carbons (Fsp3) is 0.176. The molecule has 2 aromatic rings. The van der Waals surface area contributed by atoms with Crippen molar-refractivity contribution < 1.29 is 0 Å². The maximum Gasteiger partial charge on any atom is 0.0363 e. The standard InChI is InChI=1S/C17H19N/c1-4-14-7-5-8-15(11-14)12-16-9-6-10-17(13-16)18(2)3/h4-11,13H,1,12H2,2-3H3. The monoisotopic (exact) mass is 237 g/mol. The van der Waals surface area contributed by atoms with Crippen LogP contribution in [0.15, 0.2) is 55.1 Å². The van der Waals surface area contributed by atoms with E-state index in [0.717, 1.165) is 6.42 Å². The molecule has 0 aliphatic rings. The molecule has 0 aliphatic heterocycles. The van der Waals surface area contributed by atoms with Crippen LogP contribution in [0.3, 0.4) is 0 Å². The van der Waals surface area contributed by atoms with Crippen LogP contribution in [-0.2, 0) is 6.42 Å². The van der Waals surface area contributed by atoms with E-state index < -0.39 is 0 Å². The molecule has 0 aromatic heterocycles. The second-order valence-corrected chi connectivity index (χ2v) is 4.69. The van der Waals surface area contributed by atoms with E-state index in [4.69, 9.17) is 0 Å². The molecule has 0 heterocycles. The first kappa shape index (κ1) is 12.4. The van der Waals surface area contributed by atoms with Gasteiger partial charge in [0.2, 0.25) is 0 Å². The molecule has 0 saturated carbocycles. The van der Waals surface area contributed by atoms with Crippen LogP contribution in [0.1, 0.15) is 16.7 Å². The van der Waals surface area contributed by atoms with Crippen LogP contribution in [0.5, 0.6) is 0 Å². The largest absolute Gasteiger partial charge is 0.378 e. The van der Waals surface area contributed by atoms with Crippen molar-refractivity contribution in [1.29, 1.82) is 0 Å². The Morgan fingerprint density at radius 1 is 1.00 bits per heavy atom. The van der Waals surface area contributed by atoms with Crippen molar-refractivity contribution in [1.82, 2.24) is 0 Å². The van der Waals surface area contributed by atoms with E-state index in [9.17, 15) is 0 Å². The molecule has 0 fully saturated rings. The summed E-state index contributed by atoms with van der Waals surface area (Å²) in [6, 6.07) is 17.2. The first-order valence-corrected chi connectivity index (χ1v) is 6.16. The zero-order chi connectivity index (χ0) is 13.0. The van der Waals surface area contributed by atoms with E-state index in [1.807, 2.05) is 6.08 Å². The van der Waals surface area contributed by atoms with Crippen molar-refractivity contribution >= 4 is 11.8 Å². The Morgan fingerprint density at radius 2 is 1.67 bits per heavy atom. The Bertz CT molecular complexity index is 541. The summed E-state index contributed by atoms with van der Waals surface area (Å²) in [6.45, 7) is 3.81. The Balaban J connectivity index is 2.22. The van der Waals surface area contributed by atoms with E-state index in [-0.39, 0.29) is 0 Å². The zero-order valence-corrected chi connectivity index (χ0v) is 11.1. The number of nitrogens with zero attached hydrogens (tertiary/aromatic N) is 1. The van der Waals surface area contributed by atoms with E-state index in [2.05, 4.69) is 74.1 Å². The predicted octanol–water partition coefficient (Wildman–Crippen LogP) is 3.99. The Labute approximate surface area is 109 Å². The van der Waals surface area contributed by atoms with Gasteiger partial charge in [0.15, 0.2) is 0 Å². The SMILES string of the molecule is C=Cc1cccc(Cc2cccc(N(C)C)c2)c1. The molecule has 0 aliphatic carbocycles. The normalized spacial score (nSPS) is 10.1. The Kier molecular flexibility index (Phi) is 3.83. The summed E-state index contributed by atoms with van der Waals surface area (Å²) in [4.78, 5) is 2.13. The second-order valence-electron chi connectivity index (χ2n) is 4.69. The lowest BCUT2D eigenvalue weighted by Crippen LogP contribution is -2.08. The molecule has 0 atom stereocenters. The summed E-state index contributed by atoms with van der Waals surface area (Å²) >= 11 is 0. The van der Waals surface area contributed by atoms with Gasteiger partial charge >= 0.3 is 0 Å². The molecule has 0 unspecified atom stereocenters. The maximum atomic E-state index is 3.81. The molecule has 1 nitrogen and oxygen atoms in total. The molecule has 0 saturated heterocycles. The number of rotatable bonds is 4. The summed E-state index contributed by atoms with van der Waals surface area (Å²) in [5.41, 5.74) is 5.08. The van der Waals surface area contributed by atoms with Gasteiger partial charge in [-0.15, -0.1) is 0 Å². The van der Waals surface area contributed by atoms with Crippen molar-refractivity contribution in [2.75, 3.05) is 19.0 Å². The molecule has 0 amide bonds. The van der Waals surface area contributed by atoms with Gasteiger partial charge in [-0.25, -0.2) is 0 Å². The van der Waals surface area contributed by atoms with Crippen LogP contribution in [0.2, 0.25) is 0 Å². The van der Waals surface area contributed by atoms with Gasteiger partial charge in [0, 0.05) is 19.8 Å². The summed E-state index contributed by atoms with van der Waals surface area (Å²) in [6.07, 6.45) is 2.85. The fourth-order valence-electron chi connectivity index (χ4n) is 2.01. The van der Waals surface area contributed by atoms with Crippen LogP contribution < -0.4 is 4.90 Å². The smallest absolute Gasteiger partial charge is 0.0363 e. The fourth-order valence-corrected chi connectivity index (χ4v) is 2.01. The third-order valence-corrected chi connectivity index (χ3v) is 3.02. The number of hydrogen-bond acceptors (Lipinski definition) is 1. The summed E-state index contributed by atoms with van der Waals surface area (Å²) in [7, 11) is 4.13. The lowest BCUT2D eigenvalue weighted by molar-refractivity contribution is 1.11. The van der Waals surface area contributed by atoms with E-state index in [1.54, 1.807) is 0 Å². The first-order chi connectivity index (χ1) is 8.69. The molecule has 0 N–H and O–H groups in total. The maximum absolute atomic E-state index is 3.81. The highest BCUT2D eigenvalue weighted by atomic mass is 15.1. The van der Waals surface area contributed by atoms with Crippen molar-refractivity contribution in [3.8, 4) is 0 Å². The zero-order valence-electron chi connectivity index (χ0n) is 11.1. The highest BCUT2D eigenvalue weighted by Gasteiger charge is 2.00. The third kappa shape index (κ3) is 3.01. The van der Waals surface area contributed by atoms with Crippen LogP contribution in [0.25, 0.3) is 6.08 Å². The van der Waals surface area contributed by atoms with Gasteiger partial charge in [0.1, 0.15) is 0 Å². The lowest BCUT2D eigenvalue weighted by Gasteiger charge is -2.13. The minimum Gasteiger partial charge on any atom is -0.378 e. The van der Waals surface area contributed by atoms with Crippen LogP contribution in [0, 0.1) is 0 Å². The number of hydrogen-bond donors (Lipinski definition) is 0. The first-order valence-electron chi connectivity index (χ1n) is 6.16. The van der Waals surface area contributed by atoms with Crippen molar-refractivity contribution in [2.24, 2.45) is 0 Å². The quantitative estimate of drug-likeness (QED) is 0.777. The van der Waals surface area contributed by atoms with Gasteiger partial charge in [0.25, 0.3) is 0 Å². The van der Waals surface area contributed by atoms with Gasteiger partial charge in [-0.3, -0.25) is 0 Å². The molecule has 18 heavy (non-hydrogen) atoms. The lowest BCUT2D eigenvalue weighted by atomic mass is 10.0. The predicted molar refractivity (Wildman–Crippen MR) is 80.1 cm³/mol. The van der Waals surface area contributed by atoms with E-state index in [1.165, 1.54) is 22.4 Å². The van der Waals surface area contributed by atoms with Gasteiger partial charge in [0.05, 0.1) is 0 Å². The third-order valence-electron chi connectivity index (χ3n) is 3.02. The Morgan fingerprint density at radius 3 is 2.33 bits per heavy atom. The molecule has 2 rings (SSSR count). The highest BCUT2D eigenvalue weighted by molar-refractivity contribution is 5.50. The molecule has 1 heteroatoms. The minimum atomic E-state index is 0.962. The second kappa shape index (κ2) is 5.54. The molecule has 0 spiro atoms. The van der Waals surface area contributed by atoms with Gasteiger partial charge in [-0.1, -0.05) is 49.1 Å².